The van der Waals surface area contributed by atoms with Crippen LogP contribution in [0.5, 0.6) is 0 Å². The number of rotatable bonds is 6. The number of hydrogen-bond acceptors (Lipinski definition) is 3. The first kappa shape index (κ1) is 16.0. The van der Waals surface area contributed by atoms with Crippen LogP contribution in [0.3, 0.4) is 0 Å². The molecule has 0 aromatic carbocycles. The van der Waals surface area contributed by atoms with E-state index in [1.807, 2.05) is 25.8 Å². The fourth-order valence-electron chi connectivity index (χ4n) is 3.45. The number of ether oxygens (including phenoxy) is 1. The highest BCUT2D eigenvalue weighted by Crippen LogP contribution is 2.37. The molecule has 1 N–H and O–H groups in total. The maximum atomic E-state index is 5.96. The molecule has 0 amide bonds. The van der Waals surface area contributed by atoms with Crippen molar-refractivity contribution in [3.8, 4) is 0 Å². The van der Waals surface area contributed by atoms with Gasteiger partial charge in [0.05, 0.1) is 21.5 Å². The van der Waals surface area contributed by atoms with Crippen LogP contribution in [0.15, 0.2) is 4.47 Å². The van der Waals surface area contributed by atoms with Gasteiger partial charge in [-0.05, 0) is 42.2 Å². The standard InChI is InChI=1S/C15H26BrN3O/c1-5-17-13(15(20-4)8-6-7-9-15)10-12-14(16)11(2)18-19(12)3/h13,17H,5-10H2,1-4H3. The van der Waals surface area contributed by atoms with Crippen LogP contribution in [0.2, 0.25) is 0 Å². The third-order valence-electron chi connectivity index (χ3n) is 4.60. The number of likely N-dealkylation sites (N-methyl/N-ethyl adjacent to an activating group) is 1. The average Bonchev–Trinajstić information content (AvgIpc) is 3.00. The average molecular weight is 344 g/mol. The molecule has 1 aliphatic carbocycles. The zero-order valence-corrected chi connectivity index (χ0v) is 14.6. The Bertz CT molecular complexity index is 452. The van der Waals surface area contributed by atoms with Crippen LogP contribution in [0.4, 0.5) is 0 Å². The van der Waals surface area contributed by atoms with Crippen molar-refractivity contribution in [2.45, 2.75) is 57.6 Å². The summed E-state index contributed by atoms with van der Waals surface area (Å²) in [5, 5.41) is 8.14. The van der Waals surface area contributed by atoms with E-state index in [1.165, 1.54) is 18.5 Å². The zero-order valence-electron chi connectivity index (χ0n) is 13.0. The second-order valence-corrected chi connectivity index (χ2v) is 6.55. The smallest absolute Gasteiger partial charge is 0.0834 e. The predicted molar refractivity (Wildman–Crippen MR) is 85.0 cm³/mol. The quantitative estimate of drug-likeness (QED) is 0.862. The lowest BCUT2D eigenvalue weighted by atomic mass is 9.88. The van der Waals surface area contributed by atoms with Crippen molar-refractivity contribution in [1.82, 2.24) is 15.1 Å². The number of aryl methyl sites for hydroxylation is 2. The van der Waals surface area contributed by atoms with Crippen LogP contribution in [-0.4, -0.2) is 35.1 Å². The minimum Gasteiger partial charge on any atom is -0.377 e. The van der Waals surface area contributed by atoms with Gasteiger partial charge in [0.2, 0.25) is 0 Å². The van der Waals surface area contributed by atoms with Crippen molar-refractivity contribution in [3.63, 3.8) is 0 Å². The van der Waals surface area contributed by atoms with Gasteiger partial charge in [0, 0.05) is 26.6 Å². The molecule has 2 rings (SSSR count). The van der Waals surface area contributed by atoms with E-state index in [0.29, 0.717) is 6.04 Å². The van der Waals surface area contributed by atoms with Crippen molar-refractivity contribution in [2.24, 2.45) is 7.05 Å². The number of hydrogen-bond donors (Lipinski definition) is 1. The summed E-state index contributed by atoms with van der Waals surface area (Å²) in [5.41, 5.74) is 2.28. The van der Waals surface area contributed by atoms with Crippen LogP contribution in [-0.2, 0) is 18.2 Å². The highest BCUT2D eigenvalue weighted by Gasteiger charge is 2.41. The molecule has 0 saturated heterocycles. The number of nitrogens with one attached hydrogen (secondary N) is 1. The topological polar surface area (TPSA) is 39.1 Å². The summed E-state index contributed by atoms with van der Waals surface area (Å²) in [4.78, 5) is 0. The van der Waals surface area contributed by atoms with E-state index in [4.69, 9.17) is 4.74 Å². The number of aromatic nitrogens is 2. The van der Waals surface area contributed by atoms with Gasteiger partial charge < -0.3 is 10.1 Å². The van der Waals surface area contributed by atoms with Gasteiger partial charge in [0.15, 0.2) is 0 Å². The fourth-order valence-corrected chi connectivity index (χ4v) is 3.95. The normalized spacial score (nSPS) is 19.4. The van der Waals surface area contributed by atoms with E-state index in [2.05, 4.69) is 33.3 Å². The van der Waals surface area contributed by atoms with E-state index < -0.39 is 0 Å². The van der Waals surface area contributed by atoms with Crippen molar-refractivity contribution in [3.05, 3.63) is 15.9 Å². The molecule has 0 bridgehead atoms. The third kappa shape index (κ3) is 2.95. The summed E-state index contributed by atoms with van der Waals surface area (Å²) in [6, 6.07) is 0.339. The highest BCUT2D eigenvalue weighted by molar-refractivity contribution is 9.10. The first-order valence-electron chi connectivity index (χ1n) is 7.50. The first-order valence-corrected chi connectivity index (χ1v) is 8.30. The molecule has 1 unspecified atom stereocenters. The predicted octanol–water partition coefficient (Wildman–Crippen LogP) is 2.97. The minimum absolute atomic E-state index is 0.0202. The van der Waals surface area contributed by atoms with Crippen molar-refractivity contribution >= 4 is 15.9 Å². The molecule has 0 aliphatic heterocycles. The Morgan fingerprint density at radius 1 is 1.45 bits per heavy atom. The van der Waals surface area contributed by atoms with Crippen molar-refractivity contribution in [1.29, 1.82) is 0 Å². The number of nitrogens with zero attached hydrogens (tertiary/aromatic N) is 2. The fraction of sp³-hybridized carbons (Fsp3) is 0.800. The summed E-state index contributed by atoms with van der Waals surface area (Å²) >= 11 is 3.68. The molecule has 1 aromatic rings. The first-order chi connectivity index (χ1) is 9.54. The van der Waals surface area contributed by atoms with Gasteiger partial charge in [-0.3, -0.25) is 4.68 Å². The maximum Gasteiger partial charge on any atom is 0.0834 e. The molecule has 5 heteroatoms. The van der Waals surface area contributed by atoms with Crippen LogP contribution in [0, 0.1) is 6.92 Å². The van der Waals surface area contributed by atoms with Gasteiger partial charge in [-0.15, -0.1) is 0 Å². The molecule has 1 aliphatic rings. The molecule has 1 heterocycles. The van der Waals surface area contributed by atoms with Crippen LogP contribution in [0.1, 0.15) is 44.0 Å². The summed E-state index contributed by atoms with van der Waals surface area (Å²) in [5.74, 6) is 0. The number of methoxy groups -OCH3 is 1. The van der Waals surface area contributed by atoms with Gasteiger partial charge in [0.1, 0.15) is 0 Å². The summed E-state index contributed by atoms with van der Waals surface area (Å²) < 4.78 is 9.08. The Balaban J connectivity index is 2.25. The van der Waals surface area contributed by atoms with Crippen LogP contribution in [0.25, 0.3) is 0 Å². The lowest BCUT2D eigenvalue weighted by Gasteiger charge is -2.37. The van der Waals surface area contributed by atoms with Gasteiger partial charge in [-0.25, -0.2) is 0 Å². The van der Waals surface area contributed by atoms with Gasteiger partial charge in [-0.2, -0.15) is 5.10 Å². The van der Waals surface area contributed by atoms with Gasteiger partial charge in [0.25, 0.3) is 0 Å². The van der Waals surface area contributed by atoms with Crippen LogP contribution < -0.4 is 5.32 Å². The van der Waals surface area contributed by atoms with E-state index in [-0.39, 0.29) is 5.60 Å². The molecule has 1 aromatic heterocycles. The molecule has 4 nitrogen and oxygen atoms in total. The minimum atomic E-state index is -0.0202. The summed E-state index contributed by atoms with van der Waals surface area (Å²) in [6.07, 6.45) is 5.77. The van der Waals surface area contributed by atoms with Crippen molar-refractivity contribution in [2.75, 3.05) is 13.7 Å². The van der Waals surface area contributed by atoms with E-state index in [0.717, 1.165) is 36.0 Å². The lowest BCUT2D eigenvalue weighted by molar-refractivity contribution is -0.0355. The largest absolute Gasteiger partial charge is 0.377 e. The number of halogens is 1. The zero-order chi connectivity index (χ0) is 14.8. The Labute approximate surface area is 130 Å². The van der Waals surface area contributed by atoms with E-state index in [1.54, 1.807) is 0 Å². The lowest BCUT2D eigenvalue weighted by Crippen LogP contribution is -2.52. The van der Waals surface area contributed by atoms with Crippen molar-refractivity contribution < 1.29 is 4.74 Å². The molecule has 1 saturated carbocycles. The molecular formula is C15H26BrN3O. The van der Waals surface area contributed by atoms with E-state index >= 15 is 0 Å². The summed E-state index contributed by atoms with van der Waals surface area (Å²) in [6.45, 7) is 5.16. The monoisotopic (exact) mass is 343 g/mol. The molecule has 0 radical (unpaired) electrons. The highest BCUT2D eigenvalue weighted by atomic mass is 79.9. The molecule has 1 atom stereocenters. The van der Waals surface area contributed by atoms with Gasteiger partial charge >= 0.3 is 0 Å². The Kier molecular flexibility index (Phi) is 5.26. The third-order valence-corrected chi connectivity index (χ3v) is 5.63. The Hall–Kier alpha value is -0.390. The molecule has 1 fully saturated rings. The Morgan fingerprint density at radius 3 is 2.55 bits per heavy atom. The Morgan fingerprint density at radius 2 is 2.10 bits per heavy atom. The second kappa shape index (κ2) is 6.58. The molecule has 20 heavy (non-hydrogen) atoms. The summed E-state index contributed by atoms with van der Waals surface area (Å²) in [7, 11) is 3.88. The second-order valence-electron chi connectivity index (χ2n) is 5.76. The maximum absolute atomic E-state index is 5.96. The molecule has 0 spiro atoms. The SMILES string of the molecule is CCNC(Cc1c(Br)c(C)nn1C)C1(OC)CCCC1. The molecule has 114 valence electrons. The van der Waals surface area contributed by atoms with Crippen LogP contribution >= 0.6 is 15.9 Å². The van der Waals surface area contributed by atoms with Gasteiger partial charge in [-0.1, -0.05) is 19.8 Å². The molecular weight excluding hydrogens is 318 g/mol. The van der Waals surface area contributed by atoms with E-state index in [9.17, 15) is 0 Å².